The molecule has 0 N–H and O–H groups in total. The van der Waals surface area contributed by atoms with Crippen LogP contribution in [-0.2, 0) is 18.3 Å². The average Bonchev–Trinajstić information content (AvgIpc) is 3.08. The second-order valence-corrected chi connectivity index (χ2v) is 7.43. The smallest absolute Gasteiger partial charge is 0.191 e. The van der Waals surface area contributed by atoms with Crippen molar-refractivity contribution in [2.75, 3.05) is 5.75 Å². The summed E-state index contributed by atoms with van der Waals surface area (Å²) in [6, 6.07) is 11.1. The maximum Gasteiger partial charge on any atom is 0.191 e. The highest BCUT2D eigenvalue weighted by Gasteiger charge is 2.14. The van der Waals surface area contributed by atoms with Gasteiger partial charge in [-0.1, -0.05) is 36.9 Å². The Balaban J connectivity index is 1.60. The van der Waals surface area contributed by atoms with E-state index in [9.17, 15) is 9.59 Å². The quantitative estimate of drug-likeness (QED) is 0.406. The van der Waals surface area contributed by atoms with E-state index in [1.807, 2.05) is 48.9 Å². The Kier molecular flexibility index (Phi) is 6.71. The third-order valence-electron chi connectivity index (χ3n) is 4.24. The molecule has 0 amide bonds. The van der Waals surface area contributed by atoms with Gasteiger partial charge in [-0.3, -0.25) is 14.6 Å². The van der Waals surface area contributed by atoms with Crippen molar-refractivity contribution >= 4 is 23.3 Å². The van der Waals surface area contributed by atoms with E-state index in [-0.39, 0.29) is 11.6 Å². The molecule has 0 aliphatic rings. The normalized spacial score (nSPS) is 10.8. The first-order valence-corrected chi connectivity index (χ1v) is 10.1. The number of benzene rings is 1. The first kappa shape index (κ1) is 19.9. The van der Waals surface area contributed by atoms with Crippen LogP contribution >= 0.6 is 11.8 Å². The number of pyridine rings is 1. The first-order valence-electron chi connectivity index (χ1n) is 9.15. The summed E-state index contributed by atoms with van der Waals surface area (Å²) >= 11 is 1.36. The minimum Gasteiger partial charge on any atom is -0.305 e. The zero-order chi connectivity index (χ0) is 19.9. The predicted octanol–water partition coefficient (Wildman–Crippen LogP) is 3.76. The van der Waals surface area contributed by atoms with Crippen LogP contribution in [0, 0.1) is 0 Å². The van der Waals surface area contributed by atoms with Crippen molar-refractivity contribution in [1.82, 2.24) is 19.7 Å². The molecule has 0 fully saturated rings. The maximum atomic E-state index is 12.4. The SMILES string of the molecule is CCCC(=O)c1cccc(CC(=O)CSc2nnc(-c3cccnc3)n2C)c1. The second kappa shape index (κ2) is 9.41. The molecule has 0 aliphatic carbocycles. The summed E-state index contributed by atoms with van der Waals surface area (Å²) in [6.07, 6.45) is 5.08. The maximum absolute atomic E-state index is 12.4. The molecule has 0 radical (unpaired) electrons. The Morgan fingerprint density at radius 1 is 1.14 bits per heavy atom. The van der Waals surface area contributed by atoms with Crippen molar-refractivity contribution in [2.24, 2.45) is 7.05 Å². The summed E-state index contributed by atoms with van der Waals surface area (Å²) in [5, 5.41) is 9.06. The number of Topliss-reactive ketones (excluding diaryl/α,β-unsaturated/α-hetero) is 2. The lowest BCUT2D eigenvalue weighted by Crippen LogP contribution is -2.08. The lowest BCUT2D eigenvalue weighted by molar-refractivity contribution is -0.116. The van der Waals surface area contributed by atoms with Gasteiger partial charge in [-0.05, 0) is 30.2 Å². The van der Waals surface area contributed by atoms with Gasteiger partial charge in [0, 0.05) is 43.4 Å². The molecule has 7 heteroatoms. The highest BCUT2D eigenvalue weighted by Crippen LogP contribution is 2.22. The summed E-state index contributed by atoms with van der Waals surface area (Å²) < 4.78 is 1.86. The molecular weight excluding hydrogens is 372 g/mol. The molecule has 0 spiro atoms. The predicted molar refractivity (Wildman–Crippen MR) is 109 cm³/mol. The highest BCUT2D eigenvalue weighted by molar-refractivity contribution is 7.99. The molecule has 3 aromatic rings. The van der Waals surface area contributed by atoms with E-state index in [2.05, 4.69) is 15.2 Å². The molecule has 2 aromatic heterocycles. The van der Waals surface area contributed by atoms with Crippen LogP contribution in [-0.4, -0.2) is 37.1 Å². The van der Waals surface area contributed by atoms with Crippen molar-refractivity contribution < 1.29 is 9.59 Å². The largest absolute Gasteiger partial charge is 0.305 e. The number of hydrogen-bond acceptors (Lipinski definition) is 6. The number of carbonyl (C=O) groups is 2. The van der Waals surface area contributed by atoms with Crippen LogP contribution in [0.4, 0.5) is 0 Å². The van der Waals surface area contributed by atoms with Crippen molar-refractivity contribution in [3.63, 3.8) is 0 Å². The fraction of sp³-hybridized carbons (Fsp3) is 0.286. The third kappa shape index (κ3) is 4.92. The van der Waals surface area contributed by atoms with Gasteiger partial charge in [-0.25, -0.2) is 0 Å². The van der Waals surface area contributed by atoms with Gasteiger partial charge in [0.25, 0.3) is 0 Å². The lowest BCUT2D eigenvalue weighted by Gasteiger charge is -2.05. The van der Waals surface area contributed by atoms with Crippen molar-refractivity contribution in [1.29, 1.82) is 0 Å². The number of ketones is 2. The van der Waals surface area contributed by atoms with Crippen LogP contribution in [0.1, 0.15) is 35.7 Å². The molecule has 3 rings (SSSR count). The van der Waals surface area contributed by atoms with Crippen molar-refractivity contribution in [2.45, 2.75) is 31.3 Å². The number of carbonyl (C=O) groups excluding carboxylic acids is 2. The van der Waals surface area contributed by atoms with Gasteiger partial charge >= 0.3 is 0 Å². The fourth-order valence-corrected chi connectivity index (χ4v) is 3.61. The van der Waals surface area contributed by atoms with E-state index < -0.39 is 0 Å². The standard InChI is InChI=1S/C21H22N4O2S/c1-3-6-19(27)16-8-4-7-15(11-16)12-18(26)14-28-21-24-23-20(25(21)2)17-9-5-10-22-13-17/h4-5,7-11,13H,3,6,12,14H2,1-2H3. The molecule has 28 heavy (non-hydrogen) atoms. The van der Waals surface area contributed by atoms with E-state index in [1.54, 1.807) is 18.5 Å². The molecule has 0 bridgehead atoms. The van der Waals surface area contributed by atoms with Crippen molar-refractivity contribution in [3.05, 3.63) is 59.9 Å². The number of hydrogen-bond donors (Lipinski definition) is 0. The zero-order valence-corrected chi connectivity index (χ0v) is 16.8. The molecular formula is C21H22N4O2S. The van der Waals surface area contributed by atoms with Gasteiger partial charge < -0.3 is 4.57 Å². The Bertz CT molecular complexity index is 970. The molecule has 0 saturated heterocycles. The number of rotatable bonds is 9. The van der Waals surface area contributed by atoms with Crippen LogP contribution in [0.2, 0.25) is 0 Å². The molecule has 1 aromatic carbocycles. The lowest BCUT2D eigenvalue weighted by atomic mass is 10.0. The molecule has 0 unspecified atom stereocenters. The number of thioether (sulfide) groups is 1. The van der Waals surface area contributed by atoms with E-state index >= 15 is 0 Å². The molecule has 0 atom stereocenters. The monoisotopic (exact) mass is 394 g/mol. The van der Waals surface area contributed by atoms with E-state index in [0.717, 1.165) is 17.5 Å². The van der Waals surface area contributed by atoms with Crippen LogP contribution in [0.25, 0.3) is 11.4 Å². The molecule has 0 saturated carbocycles. The van der Waals surface area contributed by atoms with Gasteiger partial charge in [0.1, 0.15) is 5.78 Å². The first-order chi connectivity index (χ1) is 13.6. The average molecular weight is 395 g/mol. The summed E-state index contributed by atoms with van der Waals surface area (Å²) in [5.41, 5.74) is 2.42. The van der Waals surface area contributed by atoms with E-state index in [1.165, 1.54) is 11.8 Å². The van der Waals surface area contributed by atoms with Gasteiger partial charge in [0.05, 0.1) is 5.75 Å². The van der Waals surface area contributed by atoms with Gasteiger partial charge in [0.15, 0.2) is 16.8 Å². The van der Waals surface area contributed by atoms with Crippen LogP contribution in [0.15, 0.2) is 53.9 Å². The Morgan fingerprint density at radius 3 is 2.75 bits per heavy atom. The molecule has 144 valence electrons. The van der Waals surface area contributed by atoms with Gasteiger partial charge in [-0.2, -0.15) is 0 Å². The number of aromatic nitrogens is 4. The van der Waals surface area contributed by atoms with Crippen LogP contribution in [0.5, 0.6) is 0 Å². The van der Waals surface area contributed by atoms with E-state index in [0.29, 0.717) is 35.1 Å². The molecule has 0 aliphatic heterocycles. The fourth-order valence-electron chi connectivity index (χ4n) is 2.84. The minimum absolute atomic E-state index is 0.0796. The van der Waals surface area contributed by atoms with Crippen LogP contribution < -0.4 is 0 Å². The van der Waals surface area contributed by atoms with Gasteiger partial charge in [0.2, 0.25) is 0 Å². The summed E-state index contributed by atoms with van der Waals surface area (Å²) in [7, 11) is 1.87. The summed E-state index contributed by atoms with van der Waals surface area (Å²) in [5.74, 6) is 1.21. The second-order valence-electron chi connectivity index (χ2n) is 6.48. The Morgan fingerprint density at radius 2 is 2.00 bits per heavy atom. The Labute approximate surface area is 168 Å². The zero-order valence-electron chi connectivity index (χ0n) is 16.0. The summed E-state index contributed by atoms with van der Waals surface area (Å²) in [4.78, 5) is 28.5. The molecule has 6 nitrogen and oxygen atoms in total. The Hall–Kier alpha value is -2.80. The third-order valence-corrected chi connectivity index (χ3v) is 5.32. The minimum atomic E-state index is 0.0796. The van der Waals surface area contributed by atoms with Gasteiger partial charge in [-0.15, -0.1) is 10.2 Å². The number of nitrogens with zero attached hydrogens (tertiary/aromatic N) is 4. The van der Waals surface area contributed by atoms with E-state index in [4.69, 9.17) is 0 Å². The highest BCUT2D eigenvalue weighted by atomic mass is 32.2. The summed E-state index contributed by atoms with van der Waals surface area (Å²) in [6.45, 7) is 1.98. The molecule has 2 heterocycles. The van der Waals surface area contributed by atoms with Crippen molar-refractivity contribution in [3.8, 4) is 11.4 Å². The topological polar surface area (TPSA) is 77.7 Å². The van der Waals surface area contributed by atoms with Crippen LogP contribution in [0.3, 0.4) is 0 Å².